The fraction of sp³-hybridized carbons (Fsp3) is 0.450. The molecule has 1 aromatic heterocycles. The lowest BCUT2D eigenvalue weighted by atomic mass is 9.99. The zero-order valence-corrected chi connectivity index (χ0v) is 17.2. The minimum atomic E-state index is -3.53. The summed E-state index contributed by atoms with van der Waals surface area (Å²) in [6.07, 6.45) is 4.55. The zero-order chi connectivity index (χ0) is 18.7. The van der Waals surface area contributed by atoms with E-state index < -0.39 is 10.0 Å². The average molecular weight is 391 g/mol. The van der Waals surface area contributed by atoms with Gasteiger partial charge in [-0.05, 0) is 38.0 Å². The van der Waals surface area contributed by atoms with Crippen molar-refractivity contribution < 1.29 is 8.42 Å². The van der Waals surface area contributed by atoms with Gasteiger partial charge in [0.25, 0.3) is 0 Å². The minimum Gasteiger partial charge on any atom is -0.250 e. The lowest BCUT2D eigenvalue weighted by Crippen LogP contribution is -2.38. The molecule has 140 valence electrons. The summed E-state index contributed by atoms with van der Waals surface area (Å²) in [6.45, 7) is 6.78. The van der Waals surface area contributed by atoms with Gasteiger partial charge in [-0.2, -0.15) is 4.31 Å². The first-order chi connectivity index (χ1) is 12.4. The van der Waals surface area contributed by atoms with Crippen molar-refractivity contribution in [3.8, 4) is 0 Å². The number of aromatic nitrogens is 1. The van der Waals surface area contributed by atoms with Crippen molar-refractivity contribution in [2.24, 2.45) is 0 Å². The van der Waals surface area contributed by atoms with E-state index in [2.05, 4.69) is 18.8 Å². The molecule has 0 spiro atoms. The Kier molecular flexibility index (Phi) is 6.05. The van der Waals surface area contributed by atoms with Crippen molar-refractivity contribution in [1.82, 2.24) is 9.29 Å². The molecule has 1 saturated heterocycles. The molecule has 1 aliphatic heterocycles. The normalized spacial score (nSPS) is 19.0. The van der Waals surface area contributed by atoms with Crippen LogP contribution in [0, 0.1) is 6.92 Å². The van der Waals surface area contributed by atoms with Gasteiger partial charge in [0.15, 0.2) is 0 Å². The third kappa shape index (κ3) is 4.13. The second kappa shape index (κ2) is 8.11. The Hall–Kier alpha value is -1.37. The average Bonchev–Trinajstić information content (AvgIpc) is 2.62. The van der Waals surface area contributed by atoms with Gasteiger partial charge in [-0.25, -0.2) is 13.4 Å². The van der Waals surface area contributed by atoms with Gasteiger partial charge < -0.3 is 0 Å². The smallest absolute Gasteiger partial charge is 0.243 e. The fourth-order valence-electron chi connectivity index (χ4n) is 3.33. The van der Waals surface area contributed by atoms with Crippen LogP contribution in [0.1, 0.15) is 50.3 Å². The maximum Gasteiger partial charge on any atom is 0.243 e. The van der Waals surface area contributed by atoms with Crippen molar-refractivity contribution >= 4 is 21.8 Å². The lowest BCUT2D eigenvalue weighted by Gasteiger charge is -2.35. The predicted molar refractivity (Wildman–Crippen MR) is 107 cm³/mol. The van der Waals surface area contributed by atoms with Crippen LogP contribution < -0.4 is 0 Å². The summed E-state index contributed by atoms with van der Waals surface area (Å²) >= 11 is 1.70. The maximum atomic E-state index is 13.3. The van der Waals surface area contributed by atoms with Gasteiger partial charge in [-0.3, -0.25) is 0 Å². The highest BCUT2D eigenvalue weighted by molar-refractivity contribution is 7.99. The molecular weight excluding hydrogens is 364 g/mol. The molecule has 0 aliphatic carbocycles. The summed E-state index contributed by atoms with van der Waals surface area (Å²) < 4.78 is 28.3. The first kappa shape index (κ1) is 19.4. The molecule has 2 aromatic rings. The van der Waals surface area contributed by atoms with Crippen LogP contribution in [-0.4, -0.2) is 29.5 Å². The van der Waals surface area contributed by atoms with E-state index in [0.29, 0.717) is 16.7 Å². The van der Waals surface area contributed by atoms with Crippen LogP contribution in [0.15, 0.2) is 52.5 Å². The molecular formula is C20H26N2O2S2. The maximum absolute atomic E-state index is 13.3. The number of benzene rings is 1. The Morgan fingerprint density at radius 1 is 1.15 bits per heavy atom. The molecule has 1 fully saturated rings. The second-order valence-corrected chi connectivity index (χ2v) is 10.5. The summed E-state index contributed by atoms with van der Waals surface area (Å²) in [5.41, 5.74) is 2.09. The Morgan fingerprint density at radius 2 is 1.88 bits per heavy atom. The van der Waals surface area contributed by atoms with Crippen molar-refractivity contribution in [3.05, 3.63) is 53.7 Å². The van der Waals surface area contributed by atoms with Crippen LogP contribution in [0.4, 0.5) is 0 Å². The summed E-state index contributed by atoms with van der Waals surface area (Å²) in [5, 5.41) is 1.34. The number of rotatable bonds is 5. The summed E-state index contributed by atoms with van der Waals surface area (Å²) in [7, 11) is -3.53. The number of thioether (sulfide) groups is 1. The monoisotopic (exact) mass is 390 g/mol. The second-order valence-electron chi connectivity index (χ2n) is 7.00. The van der Waals surface area contributed by atoms with Gasteiger partial charge in [0.2, 0.25) is 10.0 Å². The molecule has 0 unspecified atom stereocenters. The zero-order valence-electron chi connectivity index (χ0n) is 15.6. The summed E-state index contributed by atoms with van der Waals surface area (Å²) in [5.74, 6) is 0. The predicted octanol–water partition coefficient (Wildman–Crippen LogP) is 4.81. The third-order valence-electron chi connectivity index (χ3n) is 4.59. The first-order valence-electron chi connectivity index (χ1n) is 9.09. The fourth-order valence-corrected chi connectivity index (χ4v) is 5.91. The molecule has 0 saturated carbocycles. The van der Waals surface area contributed by atoms with E-state index in [0.717, 1.165) is 35.4 Å². The van der Waals surface area contributed by atoms with E-state index in [4.69, 9.17) is 0 Å². The minimum absolute atomic E-state index is 0.148. The molecule has 1 aliphatic rings. The Balaban J connectivity index is 2.00. The van der Waals surface area contributed by atoms with Crippen LogP contribution in [0.5, 0.6) is 0 Å². The van der Waals surface area contributed by atoms with Crippen molar-refractivity contribution in [2.75, 3.05) is 6.54 Å². The molecule has 1 atom stereocenters. The molecule has 0 radical (unpaired) electrons. The van der Waals surface area contributed by atoms with Gasteiger partial charge >= 0.3 is 0 Å². The number of aryl methyl sites for hydroxylation is 1. The molecule has 26 heavy (non-hydrogen) atoms. The number of hydrogen-bond donors (Lipinski definition) is 0. The van der Waals surface area contributed by atoms with Gasteiger partial charge in [0, 0.05) is 23.6 Å². The summed E-state index contributed by atoms with van der Waals surface area (Å²) in [6, 6.07) is 10.9. The molecule has 1 aromatic carbocycles. The van der Waals surface area contributed by atoms with Gasteiger partial charge in [-0.1, -0.05) is 44.0 Å². The highest BCUT2D eigenvalue weighted by Gasteiger charge is 2.35. The first-order valence-corrected chi connectivity index (χ1v) is 11.4. The van der Waals surface area contributed by atoms with Gasteiger partial charge in [0.05, 0.1) is 10.9 Å². The number of nitrogens with zero attached hydrogens (tertiary/aromatic N) is 2. The molecule has 0 N–H and O–H groups in total. The molecule has 2 heterocycles. The van der Waals surface area contributed by atoms with Crippen molar-refractivity contribution in [1.29, 1.82) is 0 Å². The number of piperidine rings is 1. The Morgan fingerprint density at radius 3 is 2.58 bits per heavy atom. The van der Waals surface area contributed by atoms with Crippen LogP contribution in [0.3, 0.4) is 0 Å². The highest BCUT2D eigenvalue weighted by atomic mass is 32.2. The third-order valence-corrected chi connectivity index (χ3v) is 7.55. The Labute approximate surface area is 161 Å². The van der Waals surface area contributed by atoms with E-state index >= 15 is 0 Å². The molecule has 4 nitrogen and oxygen atoms in total. The largest absolute Gasteiger partial charge is 0.250 e. The number of hydrogen-bond acceptors (Lipinski definition) is 4. The molecule has 0 amide bonds. The standard InChI is InChI=1S/C20H26N2O2S2/c1-15(2)25-20-18(7-6-13-21-20)19-8-4-5-14-22(19)26(23,24)17-11-9-16(3)10-12-17/h6-7,9-13,15,19H,4-5,8,14H2,1-3H3/t19-/m0/s1. The van der Waals surface area contributed by atoms with E-state index in [9.17, 15) is 8.42 Å². The quantitative estimate of drug-likeness (QED) is 0.688. The van der Waals surface area contributed by atoms with Gasteiger partial charge in [-0.15, -0.1) is 11.8 Å². The summed E-state index contributed by atoms with van der Waals surface area (Å²) in [4.78, 5) is 4.91. The Bertz CT molecular complexity index is 848. The van der Waals surface area contributed by atoms with Crippen LogP contribution >= 0.6 is 11.8 Å². The van der Waals surface area contributed by atoms with Crippen molar-refractivity contribution in [3.63, 3.8) is 0 Å². The van der Waals surface area contributed by atoms with Crippen LogP contribution in [-0.2, 0) is 10.0 Å². The van der Waals surface area contributed by atoms with E-state index in [1.807, 2.05) is 31.2 Å². The molecule has 6 heteroatoms. The molecule has 0 bridgehead atoms. The SMILES string of the molecule is Cc1ccc(S(=O)(=O)N2CCCC[C@H]2c2cccnc2SC(C)C)cc1. The van der Waals surface area contributed by atoms with E-state index in [1.165, 1.54) is 0 Å². The molecule has 3 rings (SSSR count). The van der Waals surface area contributed by atoms with Gasteiger partial charge in [0.1, 0.15) is 5.03 Å². The van der Waals surface area contributed by atoms with Crippen molar-refractivity contribution in [2.45, 2.75) is 61.2 Å². The number of sulfonamides is 1. The lowest BCUT2D eigenvalue weighted by molar-refractivity contribution is 0.252. The highest BCUT2D eigenvalue weighted by Crippen LogP contribution is 2.39. The van der Waals surface area contributed by atoms with Crippen LogP contribution in [0.25, 0.3) is 0 Å². The number of pyridine rings is 1. The van der Waals surface area contributed by atoms with E-state index in [1.54, 1.807) is 34.4 Å². The van der Waals surface area contributed by atoms with E-state index in [-0.39, 0.29) is 6.04 Å². The topological polar surface area (TPSA) is 50.3 Å². The van der Waals surface area contributed by atoms with Crippen LogP contribution in [0.2, 0.25) is 0 Å².